The van der Waals surface area contributed by atoms with E-state index in [0.29, 0.717) is 19.3 Å². The van der Waals surface area contributed by atoms with Crippen molar-refractivity contribution < 1.29 is 36.0 Å². The van der Waals surface area contributed by atoms with Gasteiger partial charge in [0, 0.05) is 12.0 Å². The second kappa shape index (κ2) is 12.4. The molecule has 7 nitrogen and oxygen atoms in total. The first-order valence-corrected chi connectivity index (χ1v) is 13.4. The average Bonchev–Trinajstić information content (AvgIpc) is 3.61. The summed E-state index contributed by atoms with van der Waals surface area (Å²) in [5.41, 5.74) is -2.42. The Labute approximate surface area is 209 Å². The van der Waals surface area contributed by atoms with E-state index in [4.69, 9.17) is 0 Å². The number of ketones is 1. The molecule has 1 aromatic carbocycles. The highest BCUT2D eigenvalue weighted by Crippen LogP contribution is 2.34. The van der Waals surface area contributed by atoms with Gasteiger partial charge in [-0.2, -0.15) is 13.2 Å². The van der Waals surface area contributed by atoms with Crippen LogP contribution in [-0.2, 0) is 19.6 Å². The minimum atomic E-state index is -5.16. The van der Waals surface area contributed by atoms with E-state index in [1.165, 1.54) is 12.1 Å². The molecule has 0 unspecified atom stereocenters. The summed E-state index contributed by atoms with van der Waals surface area (Å²) in [5, 5.41) is 0.986. The molecule has 0 radical (unpaired) electrons. The third kappa shape index (κ3) is 8.66. The van der Waals surface area contributed by atoms with Gasteiger partial charge in [0.2, 0.25) is 27.4 Å². The van der Waals surface area contributed by atoms with Crippen molar-refractivity contribution in [1.82, 2.24) is 10.0 Å². The number of carbonyl (C=O) groups is 3. The van der Waals surface area contributed by atoms with Crippen LogP contribution in [0.5, 0.6) is 0 Å². The van der Waals surface area contributed by atoms with Crippen LogP contribution in [0.15, 0.2) is 24.3 Å². The molecule has 0 aliphatic heterocycles. The Hall–Kier alpha value is -2.87. The van der Waals surface area contributed by atoms with Crippen LogP contribution in [0.4, 0.5) is 13.2 Å². The molecule has 1 saturated carbocycles. The molecule has 1 aliphatic rings. The minimum Gasteiger partial charge on any atom is -0.331 e. The van der Waals surface area contributed by atoms with Gasteiger partial charge in [0.15, 0.2) is 5.78 Å². The Balaban J connectivity index is 2.27. The van der Waals surface area contributed by atoms with Crippen molar-refractivity contribution >= 4 is 27.6 Å². The van der Waals surface area contributed by atoms with Gasteiger partial charge in [-0.1, -0.05) is 61.9 Å². The zero-order valence-corrected chi connectivity index (χ0v) is 21.2. The zero-order chi connectivity index (χ0) is 27.0. The molecule has 1 aromatic rings. The summed E-state index contributed by atoms with van der Waals surface area (Å²) >= 11 is 0. The van der Waals surface area contributed by atoms with Crippen LogP contribution in [0.25, 0.3) is 0 Å². The molecule has 2 N–H and O–H groups in total. The highest BCUT2D eigenvalue weighted by molar-refractivity contribution is 7.90. The van der Waals surface area contributed by atoms with Gasteiger partial charge in [0.1, 0.15) is 6.42 Å². The lowest BCUT2D eigenvalue weighted by molar-refractivity contribution is -0.181. The summed E-state index contributed by atoms with van der Waals surface area (Å²) in [6.45, 7) is 3.74. The molecule has 0 bridgehead atoms. The van der Waals surface area contributed by atoms with E-state index >= 15 is 0 Å². The van der Waals surface area contributed by atoms with E-state index in [9.17, 15) is 36.0 Å². The molecule has 36 heavy (non-hydrogen) atoms. The number of unbranched alkanes of at least 4 members (excludes halogenated alkanes) is 4. The van der Waals surface area contributed by atoms with Crippen molar-refractivity contribution in [1.29, 1.82) is 0 Å². The van der Waals surface area contributed by atoms with Gasteiger partial charge >= 0.3 is 6.18 Å². The molecule has 198 valence electrons. The third-order valence-electron chi connectivity index (χ3n) is 5.63. The molecule has 1 aliphatic carbocycles. The molecule has 2 rings (SSSR count). The fourth-order valence-corrected chi connectivity index (χ4v) is 4.69. The Morgan fingerprint density at radius 3 is 2.22 bits per heavy atom. The van der Waals surface area contributed by atoms with Gasteiger partial charge in [-0.05, 0) is 26.2 Å². The van der Waals surface area contributed by atoms with Crippen LogP contribution in [0.3, 0.4) is 0 Å². The predicted octanol–water partition coefficient (Wildman–Crippen LogP) is 3.96. The first-order chi connectivity index (χ1) is 16.8. The van der Waals surface area contributed by atoms with E-state index in [1.54, 1.807) is 29.1 Å². The Morgan fingerprint density at radius 1 is 1.03 bits per heavy atom. The SMILES string of the molecule is CCCCCCC#C[C@](CC(=O)c1ccc(C)cc1)(NC(=O)CC(=O)NS(=O)(=O)C1CC1)C(F)(F)F. The van der Waals surface area contributed by atoms with Crippen molar-refractivity contribution in [3.8, 4) is 11.8 Å². The minimum absolute atomic E-state index is 0.0153. The lowest BCUT2D eigenvalue weighted by Crippen LogP contribution is -2.59. The lowest BCUT2D eigenvalue weighted by Gasteiger charge is -2.31. The molecule has 2 amide bonds. The van der Waals surface area contributed by atoms with E-state index in [1.807, 2.05) is 6.92 Å². The topological polar surface area (TPSA) is 109 Å². The highest BCUT2D eigenvalue weighted by atomic mass is 32.2. The maximum absolute atomic E-state index is 14.4. The van der Waals surface area contributed by atoms with Gasteiger partial charge in [-0.25, -0.2) is 8.42 Å². The molecular weight excluding hydrogens is 497 g/mol. The van der Waals surface area contributed by atoms with Crippen molar-refractivity contribution in [2.45, 2.75) is 88.6 Å². The maximum atomic E-state index is 14.4. The summed E-state index contributed by atoms with van der Waals surface area (Å²) in [5.74, 6) is 0.963. The van der Waals surface area contributed by atoms with Gasteiger partial charge in [0.25, 0.3) is 0 Å². The van der Waals surface area contributed by atoms with Crippen molar-refractivity contribution in [3.05, 3.63) is 35.4 Å². The lowest BCUT2D eigenvalue weighted by atomic mass is 9.89. The summed E-state index contributed by atoms with van der Waals surface area (Å²) in [4.78, 5) is 37.3. The number of nitrogens with one attached hydrogen (secondary N) is 2. The normalized spacial score (nSPS) is 15.2. The number of carbonyl (C=O) groups excluding carboxylic acids is 3. The van der Waals surface area contributed by atoms with Gasteiger partial charge in [-0.3, -0.25) is 19.1 Å². The number of alkyl halides is 3. The van der Waals surface area contributed by atoms with Crippen LogP contribution in [0, 0.1) is 18.8 Å². The largest absolute Gasteiger partial charge is 0.423 e. The van der Waals surface area contributed by atoms with E-state index in [0.717, 1.165) is 24.8 Å². The predicted molar refractivity (Wildman–Crippen MR) is 128 cm³/mol. The van der Waals surface area contributed by atoms with Crippen LogP contribution >= 0.6 is 0 Å². The molecule has 0 spiro atoms. The molecule has 11 heteroatoms. The summed E-state index contributed by atoms with van der Waals surface area (Å²) in [7, 11) is -3.97. The highest BCUT2D eigenvalue weighted by Gasteiger charge is 2.56. The molecule has 0 aromatic heterocycles. The van der Waals surface area contributed by atoms with Gasteiger partial charge in [-0.15, -0.1) is 5.92 Å². The zero-order valence-electron chi connectivity index (χ0n) is 20.3. The Bertz CT molecular complexity index is 1120. The summed E-state index contributed by atoms with van der Waals surface area (Å²) < 4.78 is 68.6. The number of sulfonamides is 1. The first kappa shape index (κ1) is 29.4. The Kier molecular flexibility index (Phi) is 10.1. The fourth-order valence-electron chi connectivity index (χ4n) is 3.38. The van der Waals surface area contributed by atoms with E-state index in [2.05, 4.69) is 11.8 Å². The second-order valence-corrected chi connectivity index (χ2v) is 10.9. The number of Topliss-reactive ketones (excluding diaryl/α,β-unsaturated/α-hetero) is 1. The standard InChI is InChI=1S/C25H31F3N2O5S/c1-3-4-5-6-7-8-15-24(25(26,27)28,17-21(31)19-11-9-18(2)10-12-19)29-22(32)16-23(33)30-36(34,35)20-13-14-20/h9-12,20H,3-7,13-14,16-17H2,1-2H3,(H,29,32)(H,30,33)/t24-/m1/s1. The molecule has 1 fully saturated rings. The Morgan fingerprint density at radius 2 is 1.67 bits per heavy atom. The fraction of sp³-hybridized carbons (Fsp3) is 0.560. The average molecular weight is 529 g/mol. The second-order valence-electron chi connectivity index (χ2n) is 8.98. The number of rotatable bonds is 12. The van der Waals surface area contributed by atoms with Gasteiger partial charge < -0.3 is 5.32 Å². The molecule has 0 heterocycles. The summed E-state index contributed by atoms with van der Waals surface area (Å²) in [6, 6.07) is 5.92. The van der Waals surface area contributed by atoms with Gasteiger partial charge in [0.05, 0.1) is 11.7 Å². The van der Waals surface area contributed by atoms with Crippen LogP contribution in [-0.4, -0.2) is 43.0 Å². The third-order valence-corrected chi connectivity index (χ3v) is 7.49. The molecule has 0 saturated heterocycles. The van der Waals surface area contributed by atoms with Crippen molar-refractivity contribution in [3.63, 3.8) is 0 Å². The smallest absolute Gasteiger partial charge is 0.331 e. The number of aryl methyl sites for hydroxylation is 1. The number of hydrogen-bond acceptors (Lipinski definition) is 5. The first-order valence-electron chi connectivity index (χ1n) is 11.8. The quantitative estimate of drug-likeness (QED) is 0.185. The number of hydrogen-bond donors (Lipinski definition) is 2. The monoisotopic (exact) mass is 528 g/mol. The molecule has 1 atom stereocenters. The number of benzene rings is 1. The van der Waals surface area contributed by atoms with E-state index < -0.39 is 57.4 Å². The van der Waals surface area contributed by atoms with Crippen LogP contribution in [0.2, 0.25) is 0 Å². The van der Waals surface area contributed by atoms with Crippen LogP contribution < -0.4 is 10.0 Å². The van der Waals surface area contributed by atoms with E-state index in [-0.39, 0.29) is 12.0 Å². The number of amides is 2. The molecular formula is C25H31F3N2O5S. The van der Waals surface area contributed by atoms with Crippen molar-refractivity contribution in [2.75, 3.05) is 0 Å². The summed E-state index contributed by atoms with van der Waals surface area (Å²) in [6.07, 6.45) is -3.52. The van der Waals surface area contributed by atoms with Crippen molar-refractivity contribution in [2.24, 2.45) is 0 Å². The number of halogens is 3. The maximum Gasteiger partial charge on any atom is 0.423 e. The van der Waals surface area contributed by atoms with Crippen LogP contribution in [0.1, 0.15) is 80.6 Å².